The van der Waals surface area contributed by atoms with E-state index in [0.717, 1.165) is 18.5 Å². The summed E-state index contributed by atoms with van der Waals surface area (Å²) in [6.07, 6.45) is 2.38. The molecule has 0 radical (unpaired) electrons. The van der Waals surface area contributed by atoms with Gasteiger partial charge in [0, 0.05) is 17.5 Å². The van der Waals surface area contributed by atoms with Crippen LogP contribution in [0.3, 0.4) is 0 Å². The van der Waals surface area contributed by atoms with E-state index < -0.39 is 5.97 Å². The summed E-state index contributed by atoms with van der Waals surface area (Å²) >= 11 is 0. The van der Waals surface area contributed by atoms with Crippen LogP contribution in [-0.2, 0) is 4.74 Å². The molecule has 1 aliphatic carbocycles. The van der Waals surface area contributed by atoms with Gasteiger partial charge in [-0.25, -0.2) is 4.79 Å². The van der Waals surface area contributed by atoms with Gasteiger partial charge in [-0.3, -0.25) is 5.10 Å². The third kappa shape index (κ3) is 2.70. The topological polar surface area (TPSA) is 78.8 Å². The number of H-pyrrole nitrogens is 1. The molecule has 96 valence electrons. The highest BCUT2D eigenvalue weighted by Crippen LogP contribution is 2.48. The van der Waals surface area contributed by atoms with Crippen LogP contribution >= 0.6 is 0 Å². The highest BCUT2D eigenvalue weighted by molar-refractivity contribution is 5.87. The van der Waals surface area contributed by atoms with E-state index in [1.165, 1.54) is 0 Å². The maximum absolute atomic E-state index is 11.8. The largest absolute Gasteiger partial charge is 0.460 e. The standard InChI is InChI=1S/C13H17N3O2/c1-9(2)10-7-11(16-15-10)12(17)18-8-13(3-4-13)5-6-14/h7,9H,3-5,8H2,1-2H3,(H,15,16). The van der Waals surface area contributed by atoms with E-state index in [0.29, 0.717) is 24.6 Å². The minimum absolute atomic E-state index is 0.0818. The third-order valence-electron chi connectivity index (χ3n) is 3.35. The van der Waals surface area contributed by atoms with E-state index in [9.17, 15) is 4.79 Å². The Bertz CT molecular complexity index is 481. The Morgan fingerprint density at radius 1 is 1.67 bits per heavy atom. The first-order valence-corrected chi connectivity index (χ1v) is 6.16. The first-order valence-electron chi connectivity index (χ1n) is 6.16. The molecule has 0 spiro atoms. The van der Waals surface area contributed by atoms with Crippen molar-refractivity contribution >= 4 is 5.97 Å². The lowest BCUT2D eigenvalue weighted by Gasteiger charge is -2.10. The zero-order chi connectivity index (χ0) is 13.2. The van der Waals surface area contributed by atoms with Crippen molar-refractivity contribution in [2.45, 2.75) is 39.0 Å². The number of aromatic nitrogens is 2. The zero-order valence-corrected chi connectivity index (χ0v) is 10.7. The average Bonchev–Trinajstić information content (AvgIpc) is 2.92. The quantitative estimate of drug-likeness (QED) is 0.810. The van der Waals surface area contributed by atoms with Crippen LogP contribution in [0.5, 0.6) is 0 Å². The molecule has 1 heterocycles. The van der Waals surface area contributed by atoms with Crippen molar-refractivity contribution in [3.05, 3.63) is 17.5 Å². The van der Waals surface area contributed by atoms with Gasteiger partial charge in [-0.2, -0.15) is 10.4 Å². The number of esters is 1. The van der Waals surface area contributed by atoms with E-state index in [1.807, 2.05) is 13.8 Å². The monoisotopic (exact) mass is 247 g/mol. The van der Waals surface area contributed by atoms with Crippen LogP contribution < -0.4 is 0 Å². The molecule has 0 bridgehead atoms. The van der Waals surface area contributed by atoms with Gasteiger partial charge >= 0.3 is 5.97 Å². The highest BCUT2D eigenvalue weighted by Gasteiger charge is 2.43. The number of nitrogens with one attached hydrogen (secondary N) is 1. The van der Waals surface area contributed by atoms with E-state index in [4.69, 9.17) is 10.00 Å². The zero-order valence-electron chi connectivity index (χ0n) is 10.7. The molecule has 1 saturated carbocycles. The van der Waals surface area contributed by atoms with Gasteiger partial charge in [-0.1, -0.05) is 13.8 Å². The minimum atomic E-state index is -0.414. The lowest BCUT2D eigenvalue weighted by Crippen LogP contribution is -2.15. The SMILES string of the molecule is CC(C)c1cc(C(=O)OCC2(CC#N)CC2)n[nH]1. The second kappa shape index (κ2) is 4.81. The van der Waals surface area contributed by atoms with Crippen LogP contribution in [0.2, 0.25) is 0 Å². The lowest BCUT2D eigenvalue weighted by atomic mass is 10.1. The summed E-state index contributed by atoms with van der Waals surface area (Å²) < 4.78 is 5.23. The van der Waals surface area contributed by atoms with Gasteiger partial charge in [0.05, 0.1) is 12.7 Å². The molecule has 0 saturated heterocycles. The molecule has 0 aromatic carbocycles. The van der Waals surface area contributed by atoms with Crippen LogP contribution in [0, 0.1) is 16.7 Å². The predicted molar refractivity (Wildman–Crippen MR) is 64.9 cm³/mol. The number of nitrogens with zero attached hydrogens (tertiary/aromatic N) is 2. The minimum Gasteiger partial charge on any atom is -0.460 e. The summed E-state index contributed by atoms with van der Waals surface area (Å²) in [6.45, 7) is 4.37. The van der Waals surface area contributed by atoms with Gasteiger partial charge in [0.2, 0.25) is 0 Å². The molecule has 0 amide bonds. The van der Waals surface area contributed by atoms with Crippen molar-refractivity contribution in [1.29, 1.82) is 5.26 Å². The number of carbonyl (C=O) groups excluding carboxylic acids is 1. The average molecular weight is 247 g/mol. The number of hydrogen-bond donors (Lipinski definition) is 1. The number of rotatable bonds is 5. The molecule has 18 heavy (non-hydrogen) atoms. The Morgan fingerprint density at radius 2 is 2.39 bits per heavy atom. The van der Waals surface area contributed by atoms with Crippen LogP contribution in [0.25, 0.3) is 0 Å². The first-order chi connectivity index (χ1) is 8.56. The van der Waals surface area contributed by atoms with Crippen LogP contribution in [0.1, 0.15) is 55.2 Å². The molecule has 1 aromatic rings. The molecule has 0 aliphatic heterocycles. The van der Waals surface area contributed by atoms with Crippen molar-refractivity contribution in [2.75, 3.05) is 6.61 Å². The summed E-state index contributed by atoms with van der Waals surface area (Å²) in [5, 5.41) is 15.4. The molecule has 2 rings (SSSR count). The molecule has 0 unspecified atom stereocenters. The van der Waals surface area contributed by atoms with Crippen molar-refractivity contribution in [3.63, 3.8) is 0 Å². The van der Waals surface area contributed by atoms with Crippen molar-refractivity contribution in [3.8, 4) is 6.07 Å². The molecule has 1 N–H and O–H groups in total. The maximum atomic E-state index is 11.8. The van der Waals surface area contributed by atoms with Crippen molar-refractivity contribution < 1.29 is 9.53 Å². The number of ether oxygens (including phenoxy) is 1. The normalized spacial score (nSPS) is 16.3. The van der Waals surface area contributed by atoms with E-state index in [1.54, 1.807) is 6.07 Å². The summed E-state index contributed by atoms with van der Waals surface area (Å²) in [4.78, 5) is 11.8. The Kier molecular flexibility index (Phi) is 3.37. The van der Waals surface area contributed by atoms with Gasteiger partial charge in [-0.05, 0) is 24.8 Å². The fraction of sp³-hybridized carbons (Fsp3) is 0.615. The Balaban J connectivity index is 1.90. The highest BCUT2D eigenvalue weighted by atomic mass is 16.5. The van der Waals surface area contributed by atoms with Gasteiger partial charge in [0.1, 0.15) is 0 Å². The summed E-state index contributed by atoms with van der Waals surface area (Å²) in [7, 11) is 0. The molecule has 5 heteroatoms. The fourth-order valence-electron chi connectivity index (χ4n) is 1.75. The predicted octanol–water partition coefficient (Wildman–Crippen LogP) is 2.38. The van der Waals surface area contributed by atoms with Crippen LogP contribution in [0.4, 0.5) is 0 Å². The summed E-state index contributed by atoms with van der Waals surface area (Å²) in [6, 6.07) is 3.86. The van der Waals surface area contributed by atoms with E-state index in [-0.39, 0.29) is 5.41 Å². The van der Waals surface area contributed by atoms with E-state index >= 15 is 0 Å². The molecule has 1 aromatic heterocycles. The Hall–Kier alpha value is -1.83. The van der Waals surface area contributed by atoms with Gasteiger partial charge < -0.3 is 4.74 Å². The molecular weight excluding hydrogens is 230 g/mol. The van der Waals surface area contributed by atoms with Gasteiger partial charge in [0.25, 0.3) is 0 Å². The maximum Gasteiger partial charge on any atom is 0.358 e. The Morgan fingerprint density at radius 3 is 2.89 bits per heavy atom. The number of carbonyl (C=O) groups is 1. The van der Waals surface area contributed by atoms with Crippen LogP contribution in [-0.4, -0.2) is 22.8 Å². The van der Waals surface area contributed by atoms with Crippen molar-refractivity contribution in [2.24, 2.45) is 5.41 Å². The van der Waals surface area contributed by atoms with Gasteiger partial charge in [0.15, 0.2) is 5.69 Å². The molecule has 5 nitrogen and oxygen atoms in total. The summed E-state index contributed by atoms with van der Waals surface area (Å²) in [5.74, 6) is -0.116. The molecule has 1 aliphatic rings. The lowest BCUT2D eigenvalue weighted by molar-refractivity contribution is 0.0412. The van der Waals surface area contributed by atoms with Crippen LogP contribution in [0.15, 0.2) is 6.07 Å². The smallest absolute Gasteiger partial charge is 0.358 e. The second-order valence-electron chi connectivity index (χ2n) is 5.27. The fourth-order valence-corrected chi connectivity index (χ4v) is 1.75. The molecular formula is C13H17N3O2. The van der Waals surface area contributed by atoms with Crippen molar-refractivity contribution in [1.82, 2.24) is 10.2 Å². The molecule has 0 atom stereocenters. The molecule has 1 fully saturated rings. The second-order valence-corrected chi connectivity index (χ2v) is 5.27. The number of hydrogen-bond acceptors (Lipinski definition) is 4. The van der Waals surface area contributed by atoms with Gasteiger partial charge in [-0.15, -0.1) is 0 Å². The van der Waals surface area contributed by atoms with E-state index in [2.05, 4.69) is 16.3 Å². The third-order valence-corrected chi connectivity index (χ3v) is 3.35. The number of aromatic amines is 1. The number of nitriles is 1. The Labute approximate surface area is 106 Å². The summed E-state index contributed by atoms with van der Waals surface area (Å²) in [5.41, 5.74) is 1.15. The first kappa shape index (κ1) is 12.6.